The number of aromatic nitrogens is 2. The molecule has 1 unspecified atom stereocenters. The van der Waals surface area contributed by atoms with E-state index in [4.69, 9.17) is 26.8 Å². The summed E-state index contributed by atoms with van der Waals surface area (Å²) in [5.74, 6) is 0. The molecule has 1 aromatic heterocycles. The van der Waals surface area contributed by atoms with Crippen LogP contribution in [0.1, 0.15) is 32.2 Å². The number of hydrogen-bond donors (Lipinski definition) is 1. The van der Waals surface area contributed by atoms with Gasteiger partial charge in [-0.1, -0.05) is 11.6 Å². The standard InChI is InChI=1S/C13H24ClN3O2/c1-5-17-11(12(14)9(4)16-17)8-10(15)13(18-6-2)19-7-3/h10,13H,5-8,15H2,1-4H3. The maximum Gasteiger partial charge on any atom is 0.172 e. The second kappa shape index (κ2) is 7.85. The van der Waals surface area contributed by atoms with E-state index in [0.717, 1.165) is 17.9 Å². The third-order valence-corrected chi connectivity index (χ3v) is 3.38. The van der Waals surface area contributed by atoms with Crippen LogP contribution in [0, 0.1) is 6.92 Å². The SMILES string of the molecule is CCOC(OCC)C(N)Cc1c(Cl)c(C)nn1CC. The first-order valence-corrected chi connectivity index (χ1v) is 7.13. The zero-order chi connectivity index (χ0) is 14.4. The van der Waals surface area contributed by atoms with Crippen LogP contribution in [0.15, 0.2) is 0 Å². The molecular formula is C13H24ClN3O2. The maximum absolute atomic E-state index is 6.28. The van der Waals surface area contributed by atoms with Gasteiger partial charge >= 0.3 is 0 Å². The Kier molecular flexibility index (Phi) is 6.79. The summed E-state index contributed by atoms with van der Waals surface area (Å²) in [4.78, 5) is 0. The monoisotopic (exact) mass is 289 g/mol. The lowest BCUT2D eigenvalue weighted by atomic mass is 10.1. The lowest BCUT2D eigenvalue weighted by Gasteiger charge is -2.23. The van der Waals surface area contributed by atoms with Gasteiger partial charge in [-0.15, -0.1) is 0 Å². The molecule has 0 aliphatic heterocycles. The van der Waals surface area contributed by atoms with Crippen molar-refractivity contribution in [3.63, 3.8) is 0 Å². The topological polar surface area (TPSA) is 62.3 Å². The molecule has 0 aromatic carbocycles. The lowest BCUT2D eigenvalue weighted by molar-refractivity contribution is -0.148. The summed E-state index contributed by atoms with van der Waals surface area (Å²) in [6.45, 7) is 9.67. The average molecular weight is 290 g/mol. The molecule has 0 saturated carbocycles. The molecule has 6 heteroatoms. The van der Waals surface area contributed by atoms with E-state index in [1.54, 1.807) is 0 Å². The molecular weight excluding hydrogens is 266 g/mol. The van der Waals surface area contributed by atoms with Crippen molar-refractivity contribution in [1.82, 2.24) is 9.78 Å². The molecule has 0 fully saturated rings. The minimum atomic E-state index is -0.411. The third-order valence-electron chi connectivity index (χ3n) is 2.89. The summed E-state index contributed by atoms with van der Waals surface area (Å²) in [6, 6.07) is -0.265. The second-order valence-electron chi connectivity index (χ2n) is 4.31. The van der Waals surface area contributed by atoms with Gasteiger partial charge in [0.1, 0.15) is 0 Å². The lowest BCUT2D eigenvalue weighted by Crippen LogP contribution is -2.41. The van der Waals surface area contributed by atoms with E-state index in [1.807, 2.05) is 32.4 Å². The third kappa shape index (κ3) is 4.18. The first-order chi connectivity index (χ1) is 9.04. The predicted molar refractivity (Wildman–Crippen MR) is 76.4 cm³/mol. The largest absolute Gasteiger partial charge is 0.351 e. The Morgan fingerprint density at radius 1 is 1.26 bits per heavy atom. The predicted octanol–water partition coefficient (Wildman–Crippen LogP) is 2.13. The number of rotatable bonds is 8. The fourth-order valence-corrected chi connectivity index (χ4v) is 2.22. The number of aryl methyl sites for hydroxylation is 2. The van der Waals surface area contributed by atoms with E-state index in [9.17, 15) is 0 Å². The van der Waals surface area contributed by atoms with Crippen LogP contribution in [-0.4, -0.2) is 35.3 Å². The van der Waals surface area contributed by atoms with Gasteiger partial charge in [-0.05, 0) is 27.7 Å². The van der Waals surface area contributed by atoms with E-state index >= 15 is 0 Å². The summed E-state index contributed by atoms with van der Waals surface area (Å²) < 4.78 is 12.9. The van der Waals surface area contributed by atoms with Crippen LogP contribution in [0.25, 0.3) is 0 Å². The molecule has 110 valence electrons. The van der Waals surface area contributed by atoms with Crippen LogP contribution in [0.4, 0.5) is 0 Å². The van der Waals surface area contributed by atoms with Crippen molar-refractivity contribution in [1.29, 1.82) is 0 Å². The molecule has 19 heavy (non-hydrogen) atoms. The van der Waals surface area contributed by atoms with Crippen molar-refractivity contribution in [3.8, 4) is 0 Å². The molecule has 0 radical (unpaired) electrons. The molecule has 5 nitrogen and oxygen atoms in total. The van der Waals surface area contributed by atoms with Crippen LogP contribution >= 0.6 is 11.6 Å². The van der Waals surface area contributed by atoms with Gasteiger partial charge < -0.3 is 15.2 Å². The van der Waals surface area contributed by atoms with Gasteiger partial charge in [0.15, 0.2) is 6.29 Å². The van der Waals surface area contributed by atoms with Gasteiger partial charge in [0.25, 0.3) is 0 Å². The highest BCUT2D eigenvalue weighted by Crippen LogP contribution is 2.22. The van der Waals surface area contributed by atoms with Gasteiger partial charge in [-0.3, -0.25) is 4.68 Å². The van der Waals surface area contributed by atoms with E-state index in [2.05, 4.69) is 5.10 Å². The molecule has 0 saturated heterocycles. The Balaban J connectivity index is 2.82. The Bertz CT molecular complexity index is 389. The van der Waals surface area contributed by atoms with Crippen molar-refractivity contribution in [2.45, 2.75) is 53.0 Å². The quantitative estimate of drug-likeness (QED) is 0.745. The van der Waals surface area contributed by atoms with E-state index in [-0.39, 0.29) is 6.04 Å². The molecule has 0 spiro atoms. The average Bonchev–Trinajstić information content (AvgIpc) is 2.66. The van der Waals surface area contributed by atoms with Crippen molar-refractivity contribution < 1.29 is 9.47 Å². The van der Waals surface area contributed by atoms with Crippen molar-refractivity contribution in [2.24, 2.45) is 5.73 Å². The number of halogens is 1. The molecule has 0 amide bonds. The molecule has 1 aromatic rings. The number of ether oxygens (including phenoxy) is 2. The Labute approximate surface area is 120 Å². The summed E-state index contributed by atoms with van der Waals surface area (Å²) in [6.07, 6.45) is 0.171. The normalized spacial score (nSPS) is 13.2. The van der Waals surface area contributed by atoms with Crippen LogP contribution in [0.5, 0.6) is 0 Å². The maximum atomic E-state index is 6.28. The van der Waals surface area contributed by atoms with Gasteiger partial charge in [0.2, 0.25) is 0 Å². The molecule has 1 atom stereocenters. The molecule has 1 heterocycles. The molecule has 0 bridgehead atoms. The van der Waals surface area contributed by atoms with Crippen LogP contribution in [0.2, 0.25) is 5.02 Å². The van der Waals surface area contributed by atoms with Gasteiger partial charge in [-0.25, -0.2) is 0 Å². The van der Waals surface area contributed by atoms with Gasteiger partial charge in [0, 0.05) is 26.2 Å². The van der Waals surface area contributed by atoms with Gasteiger partial charge in [-0.2, -0.15) is 5.10 Å². The highest BCUT2D eigenvalue weighted by Gasteiger charge is 2.23. The highest BCUT2D eigenvalue weighted by atomic mass is 35.5. The first kappa shape index (κ1) is 16.4. The van der Waals surface area contributed by atoms with E-state index < -0.39 is 6.29 Å². The van der Waals surface area contributed by atoms with Crippen LogP contribution < -0.4 is 5.73 Å². The zero-order valence-electron chi connectivity index (χ0n) is 12.1. The Morgan fingerprint density at radius 2 is 1.84 bits per heavy atom. The molecule has 0 aliphatic rings. The summed E-state index contributed by atoms with van der Waals surface area (Å²) in [5.41, 5.74) is 7.95. The van der Waals surface area contributed by atoms with E-state index in [1.165, 1.54) is 0 Å². The van der Waals surface area contributed by atoms with E-state index in [0.29, 0.717) is 24.7 Å². The molecule has 0 aliphatic carbocycles. The minimum absolute atomic E-state index is 0.265. The summed E-state index contributed by atoms with van der Waals surface area (Å²) in [5, 5.41) is 5.06. The fraction of sp³-hybridized carbons (Fsp3) is 0.769. The second-order valence-corrected chi connectivity index (χ2v) is 4.69. The number of nitrogens with two attached hydrogens (primary N) is 1. The van der Waals surface area contributed by atoms with Crippen molar-refractivity contribution in [3.05, 3.63) is 16.4 Å². The minimum Gasteiger partial charge on any atom is -0.351 e. The van der Waals surface area contributed by atoms with Crippen LogP contribution in [0.3, 0.4) is 0 Å². The van der Waals surface area contributed by atoms with Crippen molar-refractivity contribution in [2.75, 3.05) is 13.2 Å². The first-order valence-electron chi connectivity index (χ1n) is 6.75. The Hall–Kier alpha value is -0.620. The number of nitrogens with zero attached hydrogens (tertiary/aromatic N) is 2. The fourth-order valence-electron chi connectivity index (χ4n) is 2.01. The Morgan fingerprint density at radius 3 is 2.32 bits per heavy atom. The summed E-state index contributed by atoms with van der Waals surface area (Å²) in [7, 11) is 0. The molecule has 1 rings (SSSR count). The smallest absolute Gasteiger partial charge is 0.172 e. The zero-order valence-corrected chi connectivity index (χ0v) is 12.9. The number of hydrogen-bond acceptors (Lipinski definition) is 4. The van der Waals surface area contributed by atoms with Crippen molar-refractivity contribution >= 4 is 11.6 Å². The highest BCUT2D eigenvalue weighted by molar-refractivity contribution is 6.31. The molecule has 2 N–H and O–H groups in total. The van der Waals surface area contributed by atoms with Gasteiger partial charge in [0.05, 0.1) is 22.5 Å². The summed E-state index contributed by atoms with van der Waals surface area (Å²) >= 11 is 6.28. The van der Waals surface area contributed by atoms with Crippen LogP contribution in [-0.2, 0) is 22.4 Å².